The Morgan fingerprint density at radius 2 is 1.75 bits per heavy atom. The van der Waals surface area contributed by atoms with Crippen LogP contribution in [-0.2, 0) is 6.61 Å². The van der Waals surface area contributed by atoms with Crippen molar-refractivity contribution in [2.24, 2.45) is 0 Å². The highest BCUT2D eigenvalue weighted by molar-refractivity contribution is 5.62. The third-order valence-electron chi connectivity index (χ3n) is 5.99. The van der Waals surface area contributed by atoms with Gasteiger partial charge in [-0.05, 0) is 63.9 Å². The Balaban J connectivity index is 1.98. The van der Waals surface area contributed by atoms with Crippen molar-refractivity contribution < 1.29 is 14.6 Å². The number of rotatable bonds is 7. The molecule has 152 valence electrons. The standard InChI is InChI=1S/C24H33NO3/c1-16-17(2)23-21(20(24(4,5)28-23)14-25(6)12-13-26)18(3)22(16)27-15-19-10-8-7-9-11-19/h7-11,20,26H,12-15H2,1-6H3. The molecule has 1 N–H and O–H groups in total. The van der Waals surface area contributed by atoms with E-state index in [2.05, 4.69) is 51.7 Å². The van der Waals surface area contributed by atoms with Crippen LogP contribution in [0.5, 0.6) is 11.5 Å². The fourth-order valence-electron chi connectivity index (χ4n) is 4.18. The Hall–Kier alpha value is -2.04. The molecule has 28 heavy (non-hydrogen) atoms. The first kappa shape index (κ1) is 20.7. The molecule has 0 aliphatic carbocycles. The summed E-state index contributed by atoms with van der Waals surface area (Å²) in [6.45, 7) is 12.9. The third-order valence-corrected chi connectivity index (χ3v) is 5.99. The van der Waals surface area contributed by atoms with Gasteiger partial charge in [0.25, 0.3) is 0 Å². The van der Waals surface area contributed by atoms with E-state index in [0.717, 1.165) is 34.7 Å². The van der Waals surface area contributed by atoms with Crippen molar-refractivity contribution in [2.45, 2.75) is 52.7 Å². The van der Waals surface area contributed by atoms with Crippen molar-refractivity contribution in [1.82, 2.24) is 4.90 Å². The van der Waals surface area contributed by atoms with Crippen molar-refractivity contribution >= 4 is 0 Å². The van der Waals surface area contributed by atoms with E-state index in [1.54, 1.807) is 0 Å². The minimum absolute atomic E-state index is 0.161. The van der Waals surface area contributed by atoms with Gasteiger partial charge in [-0.3, -0.25) is 0 Å². The molecule has 4 nitrogen and oxygen atoms in total. The molecule has 1 heterocycles. The Kier molecular flexibility index (Phi) is 6.01. The topological polar surface area (TPSA) is 41.9 Å². The van der Waals surface area contributed by atoms with Crippen molar-refractivity contribution in [3.63, 3.8) is 0 Å². The van der Waals surface area contributed by atoms with Crippen molar-refractivity contribution in [3.05, 3.63) is 58.1 Å². The zero-order valence-corrected chi connectivity index (χ0v) is 18.0. The smallest absolute Gasteiger partial charge is 0.127 e. The van der Waals surface area contributed by atoms with Gasteiger partial charge in [0.1, 0.15) is 23.7 Å². The zero-order valence-electron chi connectivity index (χ0n) is 18.0. The molecule has 0 fully saturated rings. The molecule has 4 heteroatoms. The molecular weight excluding hydrogens is 350 g/mol. The molecule has 0 aromatic heterocycles. The van der Waals surface area contributed by atoms with Gasteiger partial charge in [-0.25, -0.2) is 0 Å². The van der Waals surface area contributed by atoms with Gasteiger partial charge in [-0.2, -0.15) is 0 Å². The van der Waals surface area contributed by atoms with E-state index in [9.17, 15) is 5.11 Å². The molecule has 0 spiro atoms. The van der Waals surface area contributed by atoms with Gasteiger partial charge in [0.2, 0.25) is 0 Å². The number of likely N-dealkylation sites (N-methyl/N-ethyl adjacent to an activating group) is 1. The van der Waals surface area contributed by atoms with Crippen LogP contribution in [0.25, 0.3) is 0 Å². The lowest BCUT2D eigenvalue weighted by Crippen LogP contribution is -2.38. The van der Waals surface area contributed by atoms with Crippen LogP contribution in [0.4, 0.5) is 0 Å². The van der Waals surface area contributed by atoms with Gasteiger partial charge in [-0.1, -0.05) is 30.3 Å². The highest BCUT2D eigenvalue weighted by Crippen LogP contribution is 2.51. The van der Waals surface area contributed by atoms with Crippen LogP contribution in [0, 0.1) is 20.8 Å². The lowest BCUT2D eigenvalue weighted by molar-refractivity contribution is 0.0899. The van der Waals surface area contributed by atoms with Gasteiger partial charge in [-0.15, -0.1) is 0 Å². The number of ether oxygens (including phenoxy) is 2. The maximum atomic E-state index is 9.30. The fourth-order valence-corrected chi connectivity index (χ4v) is 4.18. The third kappa shape index (κ3) is 3.89. The Morgan fingerprint density at radius 1 is 1.07 bits per heavy atom. The van der Waals surface area contributed by atoms with Crippen LogP contribution in [0.1, 0.15) is 47.6 Å². The van der Waals surface area contributed by atoms with Crippen LogP contribution in [-0.4, -0.2) is 42.4 Å². The van der Waals surface area contributed by atoms with Crippen molar-refractivity contribution in [2.75, 3.05) is 26.7 Å². The lowest BCUT2D eigenvalue weighted by atomic mass is 9.82. The highest BCUT2D eigenvalue weighted by atomic mass is 16.5. The number of benzene rings is 2. The molecule has 1 aliphatic rings. The number of nitrogens with zero attached hydrogens (tertiary/aromatic N) is 1. The molecule has 2 aromatic carbocycles. The largest absolute Gasteiger partial charge is 0.488 e. The first-order valence-corrected chi connectivity index (χ1v) is 10.0. The Labute approximate surface area is 169 Å². The maximum absolute atomic E-state index is 9.30. The summed E-state index contributed by atoms with van der Waals surface area (Å²) in [4.78, 5) is 2.17. The van der Waals surface area contributed by atoms with E-state index in [4.69, 9.17) is 9.47 Å². The van der Waals surface area contributed by atoms with Crippen LogP contribution < -0.4 is 9.47 Å². The second-order valence-corrected chi connectivity index (χ2v) is 8.47. The number of aliphatic hydroxyl groups excluding tert-OH is 1. The molecule has 1 atom stereocenters. The van der Waals surface area contributed by atoms with Crippen LogP contribution in [0.15, 0.2) is 30.3 Å². The molecule has 0 amide bonds. The summed E-state index contributed by atoms with van der Waals surface area (Å²) in [6, 6.07) is 10.3. The van der Waals surface area contributed by atoms with Gasteiger partial charge in [0.15, 0.2) is 0 Å². The zero-order chi connectivity index (χ0) is 20.5. The molecule has 0 saturated carbocycles. The molecule has 1 unspecified atom stereocenters. The highest BCUT2D eigenvalue weighted by Gasteiger charge is 2.44. The lowest BCUT2D eigenvalue weighted by Gasteiger charge is -2.30. The van der Waals surface area contributed by atoms with Crippen LogP contribution >= 0.6 is 0 Å². The first-order valence-electron chi connectivity index (χ1n) is 10.0. The number of fused-ring (bicyclic) bond motifs is 1. The summed E-state index contributed by atoms with van der Waals surface area (Å²) < 4.78 is 12.8. The summed E-state index contributed by atoms with van der Waals surface area (Å²) in [6.07, 6.45) is 0. The fraction of sp³-hybridized carbons (Fsp3) is 0.500. The Bertz CT molecular complexity index is 830. The predicted molar refractivity (Wildman–Crippen MR) is 113 cm³/mol. The molecular formula is C24H33NO3. The van der Waals surface area contributed by atoms with Crippen LogP contribution in [0.2, 0.25) is 0 Å². The molecule has 0 bridgehead atoms. The predicted octanol–water partition coefficient (Wildman–Crippen LogP) is 4.37. The second kappa shape index (κ2) is 8.14. The summed E-state index contributed by atoms with van der Waals surface area (Å²) in [5.74, 6) is 2.20. The van der Waals surface area contributed by atoms with Crippen LogP contribution in [0.3, 0.4) is 0 Å². The minimum Gasteiger partial charge on any atom is -0.488 e. The SMILES string of the molecule is Cc1c(C)c2c(c(C)c1OCc1ccccc1)C(CN(C)CCO)C(C)(C)O2. The molecule has 1 aliphatic heterocycles. The number of aliphatic hydroxyl groups is 1. The average Bonchev–Trinajstić information content (AvgIpc) is 2.92. The first-order chi connectivity index (χ1) is 13.3. The summed E-state index contributed by atoms with van der Waals surface area (Å²) in [7, 11) is 2.05. The van der Waals surface area contributed by atoms with Gasteiger partial charge in [0.05, 0.1) is 6.61 Å². The van der Waals surface area contributed by atoms with E-state index in [1.165, 1.54) is 11.1 Å². The monoisotopic (exact) mass is 383 g/mol. The second-order valence-electron chi connectivity index (χ2n) is 8.47. The minimum atomic E-state index is -0.300. The van der Waals surface area contributed by atoms with Gasteiger partial charge < -0.3 is 19.5 Å². The Morgan fingerprint density at radius 3 is 2.39 bits per heavy atom. The van der Waals surface area contributed by atoms with Crippen molar-refractivity contribution in [3.8, 4) is 11.5 Å². The van der Waals surface area contributed by atoms with E-state index >= 15 is 0 Å². The normalized spacial score (nSPS) is 17.5. The van der Waals surface area contributed by atoms with E-state index in [-0.39, 0.29) is 18.1 Å². The summed E-state index contributed by atoms with van der Waals surface area (Å²) in [5, 5.41) is 9.30. The summed E-state index contributed by atoms with van der Waals surface area (Å²) in [5.41, 5.74) is 5.58. The number of hydrogen-bond acceptors (Lipinski definition) is 4. The molecule has 2 aromatic rings. The molecule has 3 rings (SSSR count). The quantitative estimate of drug-likeness (QED) is 0.771. The van der Waals surface area contributed by atoms with E-state index < -0.39 is 0 Å². The van der Waals surface area contributed by atoms with Gasteiger partial charge in [0, 0.05) is 24.6 Å². The molecule has 0 saturated heterocycles. The van der Waals surface area contributed by atoms with Gasteiger partial charge >= 0.3 is 0 Å². The van der Waals surface area contributed by atoms with E-state index in [0.29, 0.717) is 13.2 Å². The summed E-state index contributed by atoms with van der Waals surface area (Å²) >= 11 is 0. The maximum Gasteiger partial charge on any atom is 0.127 e. The van der Waals surface area contributed by atoms with E-state index in [1.807, 2.05) is 25.2 Å². The average molecular weight is 384 g/mol. The molecule has 0 radical (unpaired) electrons. The number of hydrogen-bond donors (Lipinski definition) is 1. The van der Waals surface area contributed by atoms with Crippen molar-refractivity contribution in [1.29, 1.82) is 0 Å².